The first-order valence-electron chi connectivity index (χ1n) is 9.35. The Kier molecular flexibility index (Phi) is 8.85. The van der Waals surface area contributed by atoms with Gasteiger partial charge in [0.25, 0.3) is 0 Å². The standard InChI is InChI=1S/C22H26N2O5/c1-16(25)24-20(14-18-11-7-4-8-12-18)22(27)29-15-28-21(26)19(23-2)13-17-9-5-3-6-10-17/h3-12,19-20,23H,13-15H2,1-2H3,(H,24,25)/t19-,20-/m0/s1. The van der Waals surface area contributed by atoms with E-state index in [4.69, 9.17) is 9.47 Å². The van der Waals surface area contributed by atoms with Gasteiger partial charge in [0.15, 0.2) is 0 Å². The lowest BCUT2D eigenvalue weighted by molar-refractivity contribution is -0.170. The molecule has 29 heavy (non-hydrogen) atoms. The van der Waals surface area contributed by atoms with Crippen LogP contribution in [0.4, 0.5) is 0 Å². The molecule has 1 amide bonds. The Morgan fingerprint density at radius 1 is 0.793 bits per heavy atom. The van der Waals surface area contributed by atoms with Crippen molar-refractivity contribution in [2.45, 2.75) is 31.8 Å². The highest BCUT2D eigenvalue weighted by atomic mass is 16.7. The summed E-state index contributed by atoms with van der Waals surface area (Å²) < 4.78 is 10.2. The van der Waals surface area contributed by atoms with Crippen molar-refractivity contribution in [3.05, 3.63) is 71.8 Å². The fourth-order valence-corrected chi connectivity index (χ4v) is 2.79. The van der Waals surface area contributed by atoms with Crippen LogP contribution in [-0.2, 0) is 36.7 Å². The molecular weight excluding hydrogens is 372 g/mol. The molecule has 7 heteroatoms. The average Bonchev–Trinajstić information content (AvgIpc) is 2.72. The molecule has 0 aromatic heterocycles. The van der Waals surface area contributed by atoms with E-state index >= 15 is 0 Å². The van der Waals surface area contributed by atoms with Gasteiger partial charge in [0.2, 0.25) is 12.7 Å². The minimum Gasteiger partial charge on any atom is -0.427 e. The van der Waals surface area contributed by atoms with Gasteiger partial charge in [-0.3, -0.25) is 9.59 Å². The molecule has 2 aromatic rings. The summed E-state index contributed by atoms with van der Waals surface area (Å²) >= 11 is 0. The van der Waals surface area contributed by atoms with Crippen molar-refractivity contribution in [3.8, 4) is 0 Å². The van der Waals surface area contributed by atoms with Crippen LogP contribution in [0.25, 0.3) is 0 Å². The van der Waals surface area contributed by atoms with Gasteiger partial charge < -0.3 is 20.1 Å². The zero-order valence-electron chi connectivity index (χ0n) is 16.6. The van der Waals surface area contributed by atoms with Crippen LogP contribution < -0.4 is 10.6 Å². The van der Waals surface area contributed by atoms with Crippen molar-refractivity contribution in [2.24, 2.45) is 0 Å². The van der Waals surface area contributed by atoms with E-state index in [0.29, 0.717) is 6.42 Å². The molecule has 0 aliphatic heterocycles. The zero-order valence-corrected chi connectivity index (χ0v) is 16.6. The van der Waals surface area contributed by atoms with Crippen molar-refractivity contribution >= 4 is 17.8 Å². The minimum absolute atomic E-state index is 0.278. The number of nitrogens with one attached hydrogen (secondary N) is 2. The molecule has 2 rings (SSSR count). The molecule has 2 aromatic carbocycles. The maximum absolute atomic E-state index is 12.4. The zero-order chi connectivity index (χ0) is 21.1. The summed E-state index contributed by atoms with van der Waals surface area (Å²) in [5, 5.41) is 5.46. The van der Waals surface area contributed by atoms with Gasteiger partial charge in [-0.15, -0.1) is 0 Å². The monoisotopic (exact) mass is 398 g/mol. The molecule has 2 N–H and O–H groups in total. The Morgan fingerprint density at radius 3 is 1.69 bits per heavy atom. The highest BCUT2D eigenvalue weighted by molar-refractivity contribution is 5.83. The number of hydrogen-bond acceptors (Lipinski definition) is 6. The predicted octanol–water partition coefficient (Wildman–Crippen LogP) is 1.61. The first kappa shape index (κ1) is 22.1. The van der Waals surface area contributed by atoms with E-state index in [1.807, 2.05) is 60.7 Å². The fourth-order valence-electron chi connectivity index (χ4n) is 2.79. The van der Waals surface area contributed by atoms with Crippen LogP contribution in [-0.4, -0.2) is 43.8 Å². The van der Waals surface area contributed by atoms with Crippen LogP contribution in [0.1, 0.15) is 18.1 Å². The van der Waals surface area contributed by atoms with Gasteiger partial charge in [0.05, 0.1) is 0 Å². The topological polar surface area (TPSA) is 93.7 Å². The van der Waals surface area contributed by atoms with Crippen molar-refractivity contribution in [2.75, 3.05) is 13.8 Å². The van der Waals surface area contributed by atoms with Gasteiger partial charge in [-0.25, -0.2) is 4.79 Å². The highest BCUT2D eigenvalue weighted by Crippen LogP contribution is 2.07. The molecule has 0 saturated carbocycles. The predicted molar refractivity (Wildman–Crippen MR) is 108 cm³/mol. The number of carbonyl (C=O) groups excluding carboxylic acids is 3. The van der Waals surface area contributed by atoms with Crippen molar-refractivity contribution in [1.82, 2.24) is 10.6 Å². The molecule has 0 spiro atoms. The number of hydrogen-bond donors (Lipinski definition) is 2. The summed E-state index contributed by atoms with van der Waals surface area (Å²) in [6, 6.07) is 17.3. The third kappa shape index (κ3) is 7.75. The van der Waals surface area contributed by atoms with Crippen LogP contribution >= 0.6 is 0 Å². The number of benzene rings is 2. The Morgan fingerprint density at radius 2 is 1.24 bits per heavy atom. The summed E-state index contributed by atoms with van der Waals surface area (Å²) in [7, 11) is 1.66. The molecule has 0 aliphatic carbocycles. The van der Waals surface area contributed by atoms with E-state index in [2.05, 4.69) is 10.6 Å². The number of rotatable bonds is 10. The quantitative estimate of drug-likeness (QED) is 0.467. The van der Waals surface area contributed by atoms with Crippen LogP contribution in [0, 0.1) is 0 Å². The molecule has 154 valence electrons. The lowest BCUT2D eigenvalue weighted by Gasteiger charge is -2.18. The highest BCUT2D eigenvalue weighted by Gasteiger charge is 2.23. The molecule has 2 atom stereocenters. The average molecular weight is 398 g/mol. The summed E-state index contributed by atoms with van der Waals surface area (Å²) in [4.78, 5) is 36.0. The lowest BCUT2D eigenvalue weighted by atomic mass is 10.1. The Hall–Kier alpha value is -3.19. The molecule has 0 aliphatic rings. The van der Waals surface area contributed by atoms with Gasteiger partial charge in [-0.1, -0.05) is 60.7 Å². The Balaban J connectivity index is 1.86. The molecule has 0 saturated heterocycles. The first-order chi connectivity index (χ1) is 14.0. The van der Waals surface area contributed by atoms with Crippen molar-refractivity contribution in [3.63, 3.8) is 0 Å². The van der Waals surface area contributed by atoms with E-state index < -0.39 is 30.8 Å². The van der Waals surface area contributed by atoms with Crippen molar-refractivity contribution < 1.29 is 23.9 Å². The van der Waals surface area contributed by atoms with Gasteiger partial charge in [-0.2, -0.15) is 0 Å². The Bertz CT molecular complexity index is 795. The number of likely N-dealkylation sites (N-methyl/N-ethyl adjacent to an activating group) is 1. The number of amides is 1. The van der Waals surface area contributed by atoms with Crippen molar-refractivity contribution in [1.29, 1.82) is 0 Å². The second-order valence-corrected chi connectivity index (χ2v) is 6.52. The summed E-state index contributed by atoms with van der Waals surface area (Å²) in [6.45, 7) is 0.807. The number of esters is 2. The molecule has 0 heterocycles. The van der Waals surface area contributed by atoms with Crippen LogP contribution in [0.3, 0.4) is 0 Å². The second-order valence-electron chi connectivity index (χ2n) is 6.52. The van der Waals surface area contributed by atoms with E-state index in [9.17, 15) is 14.4 Å². The normalized spacial score (nSPS) is 12.5. The summed E-state index contributed by atoms with van der Waals surface area (Å²) in [6.07, 6.45) is 0.729. The largest absolute Gasteiger partial charge is 0.427 e. The maximum atomic E-state index is 12.4. The molecule has 0 bridgehead atoms. The van der Waals surface area contributed by atoms with Crippen LogP contribution in [0.15, 0.2) is 60.7 Å². The summed E-state index contributed by atoms with van der Waals surface area (Å²) in [5.74, 6) is -1.54. The van der Waals surface area contributed by atoms with E-state index in [1.165, 1.54) is 6.92 Å². The number of ether oxygens (including phenoxy) is 2. The van der Waals surface area contributed by atoms with Gasteiger partial charge in [0, 0.05) is 13.3 Å². The van der Waals surface area contributed by atoms with E-state index in [0.717, 1.165) is 11.1 Å². The summed E-state index contributed by atoms with van der Waals surface area (Å²) in [5.41, 5.74) is 1.85. The lowest BCUT2D eigenvalue weighted by Crippen LogP contribution is -2.43. The molecular formula is C22H26N2O5. The first-order valence-corrected chi connectivity index (χ1v) is 9.35. The van der Waals surface area contributed by atoms with Gasteiger partial charge in [0.1, 0.15) is 12.1 Å². The third-order valence-electron chi connectivity index (χ3n) is 4.26. The van der Waals surface area contributed by atoms with Crippen LogP contribution in [0.2, 0.25) is 0 Å². The minimum atomic E-state index is -0.863. The second kappa shape index (κ2) is 11.6. The molecule has 0 unspecified atom stereocenters. The van der Waals surface area contributed by atoms with E-state index in [1.54, 1.807) is 7.05 Å². The van der Waals surface area contributed by atoms with E-state index in [-0.39, 0.29) is 12.3 Å². The maximum Gasteiger partial charge on any atom is 0.331 e. The Labute approximate surface area is 170 Å². The molecule has 0 fully saturated rings. The fraction of sp³-hybridized carbons (Fsp3) is 0.318. The smallest absolute Gasteiger partial charge is 0.331 e. The molecule has 7 nitrogen and oxygen atoms in total. The number of carbonyl (C=O) groups is 3. The molecule has 0 radical (unpaired) electrons. The van der Waals surface area contributed by atoms with Gasteiger partial charge in [-0.05, 0) is 24.6 Å². The van der Waals surface area contributed by atoms with Gasteiger partial charge >= 0.3 is 11.9 Å². The van der Waals surface area contributed by atoms with Crippen LogP contribution in [0.5, 0.6) is 0 Å². The third-order valence-corrected chi connectivity index (χ3v) is 4.26. The SMILES string of the molecule is CN[C@@H](Cc1ccccc1)C(=O)OCOC(=O)[C@H](Cc1ccccc1)NC(C)=O.